The molecule has 0 fully saturated rings. The summed E-state index contributed by atoms with van der Waals surface area (Å²) < 4.78 is 0. The van der Waals surface area contributed by atoms with Crippen LogP contribution in [0.2, 0.25) is 0 Å². The Labute approximate surface area is 114 Å². The molecule has 0 bridgehead atoms. The zero-order valence-corrected chi connectivity index (χ0v) is 11.3. The number of hydrogen-bond donors (Lipinski definition) is 1. The molecule has 0 spiro atoms. The molecule has 0 aliphatic heterocycles. The van der Waals surface area contributed by atoms with Crippen LogP contribution < -0.4 is 10.6 Å². The number of aliphatic hydroxyl groups is 1. The van der Waals surface area contributed by atoms with Gasteiger partial charge < -0.3 is 5.11 Å². The Hall–Kier alpha value is -0.676. The number of benzene rings is 2. The molecule has 1 nitrogen and oxygen atoms in total. The van der Waals surface area contributed by atoms with Crippen LogP contribution in [0.3, 0.4) is 0 Å². The monoisotopic (exact) mass is 288 g/mol. The van der Waals surface area contributed by atoms with E-state index in [2.05, 4.69) is 48.5 Å². The molecule has 0 unspecified atom stereocenters. The number of aliphatic hydroxyl groups excluding tert-OH is 1. The normalized spacial score (nSPS) is 10.0. The summed E-state index contributed by atoms with van der Waals surface area (Å²) in [4.78, 5) is 0. The first-order valence-corrected chi connectivity index (χ1v) is 6.93. The van der Waals surface area contributed by atoms with Crippen LogP contribution in [-0.4, -0.2) is 17.9 Å². The van der Waals surface area contributed by atoms with Crippen molar-refractivity contribution in [2.75, 3.05) is 12.8 Å². The maximum absolute atomic E-state index is 9.18. The first kappa shape index (κ1) is 14.4. The molecule has 0 atom stereocenters. The zero-order chi connectivity index (χ0) is 11.2. The summed E-state index contributed by atoms with van der Waals surface area (Å²) in [6.07, 6.45) is 0.837. The molecule has 0 aliphatic carbocycles. The molecule has 0 heterocycles. The average Bonchev–Trinajstić information content (AvgIpc) is 2.38. The molecule has 0 saturated heterocycles. The molecule has 0 aliphatic rings. The summed E-state index contributed by atoms with van der Waals surface area (Å²) in [5.74, 6) is 0. The molecule has 17 heavy (non-hydrogen) atoms. The van der Waals surface area contributed by atoms with Crippen molar-refractivity contribution < 1.29 is 21.6 Å². The zero-order valence-electron chi connectivity index (χ0n) is 9.40. The maximum atomic E-state index is 9.18. The van der Waals surface area contributed by atoms with Crippen LogP contribution in [0.15, 0.2) is 60.7 Å². The van der Waals surface area contributed by atoms with E-state index >= 15 is 0 Å². The van der Waals surface area contributed by atoms with Crippen molar-refractivity contribution in [3.63, 3.8) is 0 Å². The second kappa shape index (κ2) is 7.61. The average molecular weight is 289 g/mol. The Kier molecular flexibility index (Phi) is 6.44. The van der Waals surface area contributed by atoms with Gasteiger partial charge in [-0.3, -0.25) is 0 Å². The van der Waals surface area contributed by atoms with Crippen molar-refractivity contribution in [3.8, 4) is 0 Å². The van der Waals surface area contributed by atoms with E-state index < -0.39 is 7.92 Å². The van der Waals surface area contributed by atoms with E-state index in [-0.39, 0.29) is 23.1 Å². The van der Waals surface area contributed by atoms with Gasteiger partial charge >= 0.3 is 0 Å². The van der Waals surface area contributed by atoms with Crippen LogP contribution in [0.25, 0.3) is 0 Å². The third-order valence-corrected chi connectivity index (χ3v) is 4.95. The van der Waals surface area contributed by atoms with Gasteiger partial charge in [0.05, 0.1) is 0 Å². The van der Waals surface area contributed by atoms with E-state index in [4.69, 9.17) is 0 Å². The Bertz CT molecular complexity index is 379. The Morgan fingerprint density at radius 3 is 1.53 bits per heavy atom. The predicted molar refractivity (Wildman–Crippen MR) is 71.0 cm³/mol. The van der Waals surface area contributed by atoms with Gasteiger partial charge in [-0.2, -0.15) is 0 Å². The molecular weight excluding hydrogens is 274 g/mol. The van der Waals surface area contributed by atoms with Crippen LogP contribution in [0.5, 0.6) is 0 Å². The van der Waals surface area contributed by atoms with Gasteiger partial charge in [0.15, 0.2) is 0 Å². The molecule has 1 N–H and O–H groups in total. The molecule has 0 amide bonds. The number of hydrogen-bond acceptors (Lipinski definition) is 1. The van der Waals surface area contributed by atoms with Crippen molar-refractivity contribution in [1.29, 1.82) is 0 Å². The standard InChI is InChI=1S/C14H15OP.Ni/c15-11-12-16(13-7-3-1-4-8-13)14-9-5-2-6-10-14;/h1-10,15H,11-12H2;. The van der Waals surface area contributed by atoms with E-state index in [9.17, 15) is 5.11 Å². The minimum atomic E-state index is -0.401. The fourth-order valence-electron chi connectivity index (χ4n) is 1.72. The molecule has 2 rings (SSSR count). The summed E-state index contributed by atoms with van der Waals surface area (Å²) in [5, 5.41) is 11.8. The summed E-state index contributed by atoms with van der Waals surface area (Å²) in [6.45, 7) is 0.246. The fourth-order valence-corrected chi connectivity index (χ4v) is 3.80. The van der Waals surface area contributed by atoms with Gasteiger partial charge in [-0.1, -0.05) is 60.7 Å². The minimum absolute atomic E-state index is 0. The Morgan fingerprint density at radius 1 is 0.765 bits per heavy atom. The van der Waals surface area contributed by atoms with Crippen molar-refractivity contribution in [2.24, 2.45) is 0 Å². The largest absolute Gasteiger partial charge is 0.396 e. The molecule has 2 aromatic carbocycles. The Balaban J connectivity index is 0.00000144. The van der Waals surface area contributed by atoms with Gasteiger partial charge in [-0.25, -0.2) is 0 Å². The van der Waals surface area contributed by atoms with Gasteiger partial charge in [-0.15, -0.1) is 0 Å². The first-order chi connectivity index (χ1) is 7.92. The second-order valence-corrected chi connectivity index (χ2v) is 5.88. The summed E-state index contributed by atoms with van der Waals surface area (Å²) in [7, 11) is -0.401. The van der Waals surface area contributed by atoms with Crippen LogP contribution in [0.4, 0.5) is 0 Å². The second-order valence-electron chi connectivity index (χ2n) is 3.55. The first-order valence-electron chi connectivity index (χ1n) is 5.40. The molecule has 0 aromatic heterocycles. The molecule has 92 valence electrons. The van der Waals surface area contributed by atoms with Crippen LogP contribution in [0, 0.1) is 0 Å². The summed E-state index contributed by atoms with van der Waals surface area (Å²) in [6, 6.07) is 20.9. The van der Waals surface area contributed by atoms with Gasteiger partial charge in [0.25, 0.3) is 0 Å². The van der Waals surface area contributed by atoms with Crippen molar-refractivity contribution >= 4 is 18.5 Å². The van der Waals surface area contributed by atoms with Crippen molar-refractivity contribution in [3.05, 3.63) is 60.7 Å². The van der Waals surface area contributed by atoms with Gasteiger partial charge in [-0.05, 0) is 24.7 Å². The van der Waals surface area contributed by atoms with E-state index in [1.54, 1.807) is 0 Å². The predicted octanol–water partition coefficient (Wildman–Crippen LogP) is 2.11. The quantitative estimate of drug-likeness (QED) is 0.675. The van der Waals surface area contributed by atoms with Crippen LogP contribution in [-0.2, 0) is 16.5 Å². The smallest absolute Gasteiger partial charge is 0.0476 e. The van der Waals surface area contributed by atoms with Gasteiger partial charge in [0.1, 0.15) is 0 Å². The van der Waals surface area contributed by atoms with Gasteiger partial charge in [0.2, 0.25) is 0 Å². The minimum Gasteiger partial charge on any atom is -0.396 e. The molecule has 0 radical (unpaired) electrons. The van der Waals surface area contributed by atoms with E-state index in [0.29, 0.717) is 0 Å². The van der Waals surface area contributed by atoms with Crippen LogP contribution >= 0.6 is 7.92 Å². The third-order valence-electron chi connectivity index (χ3n) is 2.46. The fraction of sp³-hybridized carbons (Fsp3) is 0.143. The molecule has 2 aromatic rings. The molecular formula is C14H15NiOP. The topological polar surface area (TPSA) is 20.2 Å². The summed E-state index contributed by atoms with van der Waals surface area (Å²) in [5.41, 5.74) is 0. The third kappa shape index (κ3) is 3.93. The van der Waals surface area contributed by atoms with Crippen molar-refractivity contribution in [2.45, 2.75) is 0 Å². The number of rotatable bonds is 4. The van der Waals surface area contributed by atoms with Crippen molar-refractivity contribution in [1.82, 2.24) is 0 Å². The SMILES string of the molecule is OCCP(c1ccccc1)c1ccccc1.[Ni]. The van der Waals surface area contributed by atoms with Crippen LogP contribution in [0.1, 0.15) is 0 Å². The van der Waals surface area contributed by atoms with E-state index in [1.807, 2.05) is 12.1 Å². The summed E-state index contributed by atoms with van der Waals surface area (Å²) >= 11 is 0. The van der Waals surface area contributed by atoms with E-state index in [0.717, 1.165) is 6.16 Å². The molecule has 3 heteroatoms. The maximum Gasteiger partial charge on any atom is 0.0476 e. The molecule has 0 saturated carbocycles. The van der Waals surface area contributed by atoms with Gasteiger partial charge in [0, 0.05) is 23.1 Å². The Morgan fingerprint density at radius 2 is 1.18 bits per heavy atom. The van der Waals surface area contributed by atoms with E-state index in [1.165, 1.54) is 10.6 Å².